The zero-order valence-electron chi connectivity index (χ0n) is 48.7. The van der Waals surface area contributed by atoms with Gasteiger partial charge in [-0.2, -0.15) is 0 Å². The van der Waals surface area contributed by atoms with Crippen LogP contribution in [0.15, 0.2) is 78.7 Å². The number of aliphatic hydroxyl groups excluding tert-OH is 1. The van der Waals surface area contributed by atoms with E-state index in [1.807, 2.05) is 5.32 Å². The Morgan fingerprint density at radius 3 is 2.50 bits per heavy atom. The Morgan fingerprint density at radius 2 is 1.80 bits per heavy atom. The van der Waals surface area contributed by atoms with Crippen LogP contribution >= 0.6 is 0 Å². The molecule has 1 fully saturated rings. The molecule has 4 amide bonds. The van der Waals surface area contributed by atoms with Crippen LogP contribution < -0.4 is 20.7 Å². The van der Waals surface area contributed by atoms with Gasteiger partial charge in [-0.3, -0.25) is 9.59 Å². The van der Waals surface area contributed by atoms with Crippen molar-refractivity contribution < 1.29 is 57.1 Å². The first-order valence-corrected chi connectivity index (χ1v) is 13.8. The molecule has 9 heteroatoms. The summed E-state index contributed by atoms with van der Waals surface area (Å²) in [5, 5.41) is 17.2. The van der Waals surface area contributed by atoms with E-state index >= 15 is 0 Å². The Labute approximate surface area is 306 Å². The number of para-hydroxylation sites is 1. The first-order valence-electron chi connectivity index (χ1n) is 25.8. The molecule has 4 rings (SSSR count). The van der Waals surface area contributed by atoms with E-state index in [-0.39, 0.29) is 22.4 Å². The third kappa shape index (κ3) is 9.81. The highest BCUT2D eigenvalue weighted by Crippen LogP contribution is 2.22. The number of hydrogen-bond acceptors (Lipinski definition) is 5. The summed E-state index contributed by atoms with van der Waals surface area (Å²) in [5.74, 6) is -9.35. The average Bonchev–Trinajstić information content (AvgIpc) is 3.21. The number of aryl methyl sites for hydroxylation is 2. The smallest absolute Gasteiger partial charge is 0.318 e. The lowest BCUT2D eigenvalue weighted by atomic mass is 9.92. The molecule has 1 heterocycles. The maximum atomic E-state index is 14.9. The van der Waals surface area contributed by atoms with Crippen LogP contribution in [0.3, 0.4) is 0 Å². The molecule has 0 spiro atoms. The quantitative estimate of drug-likeness (QED) is 0.195. The van der Waals surface area contributed by atoms with E-state index in [1.165, 1.54) is 61.6 Å². The molecule has 0 radical (unpaired) electrons. The zero-order valence-corrected chi connectivity index (χ0v) is 24.7. The molecule has 46 heavy (non-hydrogen) atoms. The number of carbonyl (C=O) groups is 3. The van der Waals surface area contributed by atoms with Gasteiger partial charge in [0.2, 0.25) is 5.91 Å². The van der Waals surface area contributed by atoms with Crippen molar-refractivity contribution in [1.29, 1.82) is 0 Å². The highest BCUT2D eigenvalue weighted by Gasteiger charge is 2.35. The number of aliphatic hydroxyl groups is 1. The van der Waals surface area contributed by atoms with Crippen molar-refractivity contribution in [3.63, 3.8) is 0 Å². The molecule has 0 unspecified atom stereocenters. The van der Waals surface area contributed by atoms with Crippen molar-refractivity contribution in [2.24, 2.45) is 5.89 Å². The van der Waals surface area contributed by atoms with Gasteiger partial charge in [0, 0.05) is 39.6 Å². The van der Waals surface area contributed by atoms with E-state index in [0.717, 1.165) is 0 Å². The zero-order chi connectivity index (χ0) is 54.1. The van der Waals surface area contributed by atoms with Gasteiger partial charge in [-0.15, -0.1) is 0 Å². The minimum atomic E-state index is -4.74. The predicted molar refractivity (Wildman–Crippen MR) is 180 cm³/mol. The maximum Gasteiger partial charge on any atom is 0.318 e. The Balaban J connectivity index is 2.03. The van der Waals surface area contributed by atoms with Gasteiger partial charge in [0.25, 0.3) is 5.91 Å². The van der Waals surface area contributed by atoms with Crippen LogP contribution in [0.2, 0.25) is 0 Å². The van der Waals surface area contributed by atoms with Crippen LogP contribution in [-0.2, 0) is 22.4 Å². The summed E-state index contributed by atoms with van der Waals surface area (Å²) < 4.78 is 209. The number of benzene rings is 3. The lowest BCUT2D eigenvalue weighted by Gasteiger charge is -2.37. The Morgan fingerprint density at radius 1 is 1.09 bits per heavy atom. The number of urea groups is 1. The predicted octanol–water partition coefficient (Wildman–Crippen LogP) is 4.33. The Hall–Kier alpha value is -4.37. The standard InChI is InChI=1S/C37H48N4O5/c1-25(2)34(41-20-12-19-38-37(41)45)36(44)39-30(21-28-15-7-5-8-16-28)23-32(42)31(22-29-17-9-6-10-18-29)40-33(43)24-46-35-26(3)13-11-14-27(35)4/h5-11,13-18,25,30-32,34,42H,12,19-24H2,1-4H3,(H,38,45)(H,39,44)(H,40,43)/t30-,31-,32-,34-/m0/s1/i1D3,2D3,6D,9D,10D,12D2,17D,18D,19D2,20D2,22D2,24D2,25D,31D,34D. The first kappa shape index (κ1) is 14.6. The van der Waals surface area contributed by atoms with Crippen LogP contribution in [0.5, 0.6) is 5.75 Å². The Kier molecular flexibility index (Phi) is 5.33. The van der Waals surface area contributed by atoms with E-state index in [4.69, 9.17) is 32.2 Å². The molecular formula is C37H48N4O5. The van der Waals surface area contributed by atoms with Crippen LogP contribution in [0, 0.1) is 19.7 Å². The summed E-state index contributed by atoms with van der Waals surface area (Å²) >= 11 is 0. The van der Waals surface area contributed by atoms with E-state index in [0.29, 0.717) is 0 Å². The first-order chi connectivity index (χ1) is 31.5. The summed E-state index contributed by atoms with van der Waals surface area (Å²) in [7, 11) is 0. The fourth-order valence-electron chi connectivity index (χ4n) is 4.34. The van der Waals surface area contributed by atoms with Gasteiger partial charge >= 0.3 is 6.03 Å². The van der Waals surface area contributed by atoms with Gasteiger partial charge in [-0.1, -0.05) is 92.4 Å². The van der Waals surface area contributed by atoms with Crippen molar-refractivity contribution in [2.45, 2.75) is 77.3 Å². The van der Waals surface area contributed by atoms with Gasteiger partial charge in [-0.25, -0.2) is 4.79 Å². The summed E-state index contributed by atoms with van der Waals surface area (Å²) in [6.45, 7) is -17.6. The monoisotopic (exact) mass is 653 g/mol. The average molecular weight is 653 g/mol. The van der Waals surface area contributed by atoms with Crippen LogP contribution in [0.25, 0.3) is 0 Å². The molecule has 246 valence electrons. The number of rotatable bonds is 15. The maximum absolute atomic E-state index is 14.9. The number of amides is 4. The molecule has 9 nitrogen and oxygen atoms in total. The van der Waals surface area contributed by atoms with Crippen molar-refractivity contribution in [1.82, 2.24) is 20.9 Å². The molecule has 0 aliphatic carbocycles. The molecule has 1 aliphatic rings. The number of nitrogens with one attached hydrogen (secondary N) is 3. The van der Waals surface area contributed by atoms with Crippen LogP contribution in [0.4, 0.5) is 4.79 Å². The third-order valence-corrected chi connectivity index (χ3v) is 6.44. The minimum Gasteiger partial charge on any atom is -0.483 e. The number of ether oxygens (including phenoxy) is 1. The molecule has 3 aromatic rings. The highest BCUT2D eigenvalue weighted by atomic mass is 16.5. The summed E-state index contributed by atoms with van der Waals surface area (Å²) in [4.78, 5) is 41.8. The molecule has 0 bridgehead atoms. The fraction of sp³-hybridized carbons (Fsp3) is 0.432. The third-order valence-electron chi connectivity index (χ3n) is 6.44. The van der Waals surface area contributed by atoms with Crippen molar-refractivity contribution in [3.05, 3.63) is 101 Å². The van der Waals surface area contributed by atoms with Crippen LogP contribution in [-0.4, -0.2) is 71.6 Å². The molecule has 1 aliphatic heterocycles. The molecular weight excluding hydrogens is 580 g/mol. The van der Waals surface area contributed by atoms with Gasteiger partial charge in [0.15, 0.2) is 6.56 Å². The number of nitrogens with zero attached hydrogens (tertiary/aromatic N) is 1. The highest BCUT2D eigenvalue weighted by molar-refractivity contribution is 5.87. The second-order valence-electron chi connectivity index (χ2n) is 9.88. The van der Waals surface area contributed by atoms with E-state index in [1.54, 1.807) is 11.4 Å². The normalized spacial score (nSPS) is 29.5. The summed E-state index contributed by atoms with van der Waals surface area (Å²) in [6, 6.07) is -7.54. The van der Waals surface area contributed by atoms with E-state index in [2.05, 4.69) is 0 Å². The molecule has 4 N–H and O–H groups in total. The van der Waals surface area contributed by atoms with Crippen molar-refractivity contribution in [3.8, 4) is 5.75 Å². The van der Waals surface area contributed by atoms with Gasteiger partial charge in [-0.05, 0) is 67.6 Å². The van der Waals surface area contributed by atoms with Gasteiger partial charge in [0.1, 0.15) is 11.8 Å². The minimum absolute atomic E-state index is 0.113. The SMILES string of the molecule is [2H]c1c([2H])c([2H])c(C([2H])([2H])[C@]([2H])(NC(=O)C([2H])([2H])Oc2c(C)cccc2C)[C@@H](O)C[C@H](Cc2ccccc2)NC(=O)[C@@]([2H])(N2C(=O)NC([2H])([2H])C([2H])([2H])C2([2H])[2H])C([2H])(C([2H])([2H])[2H])C([2H])([2H])[2H])c([2H])c1[2H]. The molecule has 3 aromatic carbocycles. The van der Waals surface area contributed by atoms with E-state index < -0.39 is 147 Å². The van der Waals surface area contributed by atoms with Crippen molar-refractivity contribution >= 4 is 17.8 Å². The molecule has 1 saturated heterocycles. The van der Waals surface area contributed by atoms with E-state index in [9.17, 15) is 25.0 Å². The Bertz CT molecular complexity index is 2440. The topological polar surface area (TPSA) is 120 Å². The molecule has 0 saturated carbocycles. The summed E-state index contributed by atoms with van der Waals surface area (Å²) in [5.41, 5.74) is -0.694. The lowest BCUT2D eigenvalue weighted by Crippen LogP contribution is -2.59. The largest absolute Gasteiger partial charge is 0.483 e. The van der Waals surface area contributed by atoms with Gasteiger partial charge < -0.3 is 30.7 Å². The fourth-order valence-corrected chi connectivity index (χ4v) is 4.34. The molecule has 0 aromatic heterocycles. The second-order valence-corrected chi connectivity index (χ2v) is 9.88. The lowest BCUT2D eigenvalue weighted by molar-refractivity contribution is -0.128. The summed E-state index contributed by atoms with van der Waals surface area (Å²) in [6.07, 6.45) is -13.1. The second kappa shape index (κ2) is 16.8. The number of carbonyl (C=O) groups excluding carboxylic acids is 3. The number of hydrogen-bond donors (Lipinski definition) is 4. The van der Waals surface area contributed by atoms with Crippen LogP contribution in [0.1, 0.15) is 81.6 Å². The molecule has 4 atom stereocenters. The van der Waals surface area contributed by atoms with Crippen molar-refractivity contribution in [2.75, 3.05) is 19.6 Å². The van der Waals surface area contributed by atoms with Gasteiger partial charge in [0.05, 0.1) is 24.5 Å².